The van der Waals surface area contributed by atoms with Crippen molar-refractivity contribution in [3.05, 3.63) is 130 Å². The van der Waals surface area contributed by atoms with Crippen molar-refractivity contribution in [3.8, 4) is 0 Å². The Morgan fingerprint density at radius 1 is 0.833 bits per heavy atom. The number of nitrogens with one attached hydrogen (secondary N) is 1. The molecule has 8 rings (SSSR count). The number of ether oxygens (including phenoxy) is 2. The first-order chi connectivity index (χ1) is 23.6. The predicted molar refractivity (Wildman–Crippen MR) is 192 cm³/mol. The molecule has 4 aromatic carbocycles. The Morgan fingerprint density at radius 3 is 2.23 bits per heavy atom. The molecule has 3 aliphatic rings. The van der Waals surface area contributed by atoms with Crippen LogP contribution in [0.15, 0.2) is 117 Å². The van der Waals surface area contributed by atoms with Crippen LogP contribution in [-0.4, -0.2) is 53.4 Å². The Morgan fingerprint density at radius 2 is 1.48 bits per heavy atom. The van der Waals surface area contributed by atoms with Crippen molar-refractivity contribution in [3.63, 3.8) is 0 Å². The second-order valence-corrected chi connectivity index (χ2v) is 11.6. The van der Waals surface area contributed by atoms with Crippen LogP contribution >= 0.6 is 0 Å². The predicted octanol–water partition coefficient (Wildman–Crippen LogP) is 6.51. The van der Waals surface area contributed by atoms with Gasteiger partial charge in [0.25, 0.3) is 0 Å². The zero-order chi connectivity index (χ0) is 32.8. The van der Waals surface area contributed by atoms with Crippen LogP contribution in [0.5, 0.6) is 0 Å². The van der Waals surface area contributed by atoms with E-state index in [9.17, 15) is 0 Å². The van der Waals surface area contributed by atoms with Gasteiger partial charge in [0.05, 0.1) is 19.8 Å². The highest BCUT2D eigenvalue weighted by atomic mass is 16.7. The highest BCUT2D eigenvalue weighted by Gasteiger charge is 2.53. The first kappa shape index (κ1) is 29.8. The summed E-state index contributed by atoms with van der Waals surface area (Å²) in [6.45, 7) is 5.03. The first-order valence-electron chi connectivity index (χ1n) is 16.2. The molecule has 240 valence electrons. The molecule has 48 heavy (non-hydrogen) atoms. The Kier molecular flexibility index (Phi) is 7.39. The van der Waals surface area contributed by atoms with Crippen LogP contribution in [-0.2, 0) is 22.1 Å². The lowest BCUT2D eigenvalue weighted by atomic mass is 10.1. The van der Waals surface area contributed by atoms with Gasteiger partial charge in [-0.3, -0.25) is 15.0 Å². The fraction of sp³-hybridized carbons (Fsp3) is 0.211. The summed E-state index contributed by atoms with van der Waals surface area (Å²) in [5, 5.41) is 5.47. The molecule has 3 N–H and O–H groups in total. The Hall–Kier alpha value is -5.58. The van der Waals surface area contributed by atoms with Gasteiger partial charge in [-0.15, -0.1) is 0 Å². The zero-order valence-corrected chi connectivity index (χ0v) is 27.1. The molecule has 4 heterocycles. The van der Waals surface area contributed by atoms with Crippen LogP contribution in [0.2, 0.25) is 0 Å². The van der Waals surface area contributed by atoms with Gasteiger partial charge in [-0.05, 0) is 25.0 Å². The topological polar surface area (TPSA) is 114 Å². The van der Waals surface area contributed by atoms with Crippen molar-refractivity contribution >= 4 is 46.1 Å². The van der Waals surface area contributed by atoms with E-state index in [1.54, 1.807) is 7.05 Å². The van der Waals surface area contributed by atoms with E-state index in [4.69, 9.17) is 35.2 Å². The van der Waals surface area contributed by atoms with Crippen molar-refractivity contribution in [2.75, 3.05) is 31.3 Å². The van der Waals surface area contributed by atoms with Crippen LogP contribution in [0.3, 0.4) is 0 Å². The smallest absolute Gasteiger partial charge is 0.356 e. The maximum absolute atomic E-state index is 7.18. The van der Waals surface area contributed by atoms with E-state index < -0.39 is 6.03 Å². The quantitative estimate of drug-likeness (QED) is 0.189. The molecule has 0 saturated carbocycles. The van der Waals surface area contributed by atoms with Crippen LogP contribution in [0.25, 0.3) is 10.8 Å². The number of nitrogens with two attached hydrogens (primary N) is 1. The lowest BCUT2D eigenvalue weighted by Gasteiger charge is -2.43. The number of anilines is 2. The highest BCUT2D eigenvalue weighted by Crippen LogP contribution is 2.45. The summed E-state index contributed by atoms with van der Waals surface area (Å²) >= 11 is 0. The lowest BCUT2D eigenvalue weighted by molar-refractivity contribution is -0.335. The minimum absolute atomic E-state index is 0.290. The molecule has 10 heteroatoms. The number of rotatable bonds is 8. The number of nitrogen functional groups attached to an aromatic ring is 1. The minimum Gasteiger partial charge on any atom is -0.384 e. The average Bonchev–Trinajstić information content (AvgIpc) is 3.87. The van der Waals surface area contributed by atoms with E-state index in [0.29, 0.717) is 48.9 Å². The van der Waals surface area contributed by atoms with Gasteiger partial charge < -0.3 is 20.5 Å². The second-order valence-electron chi connectivity index (χ2n) is 11.6. The van der Waals surface area contributed by atoms with Gasteiger partial charge in [0, 0.05) is 46.3 Å². The van der Waals surface area contributed by atoms with E-state index in [0.717, 1.165) is 44.2 Å². The molecule has 3 aliphatic heterocycles. The van der Waals surface area contributed by atoms with Gasteiger partial charge in [-0.2, -0.15) is 0 Å². The third-order valence-corrected chi connectivity index (χ3v) is 8.99. The van der Waals surface area contributed by atoms with Gasteiger partial charge >= 0.3 is 6.03 Å². The summed E-state index contributed by atoms with van der Waals surface area (Å²) in [4.78, 5) is 21.8. The maximum atomic E-state index is 7.18. The molecule has 0 fully saturated rings. The third-order valence-electron chi connectivity index (χ3n) is 8.99. The van der Waals surface area contributed by atoms with Crippen LogP contribution in [0.4, 0.5) is 11.6 Å². The lowest BCUT2D eigenvalue weighted by Crippen LogP contribution is -2.58. The van der Waals surface area contributed by atoms with Gasteiger partial charge in [-0.25, -0.2) is 14.5 Å². The number of benzene rings is 4. The number of fused-ring (bicyclic) bond motifs is 4. The van der Waals surface area contributed by atoms with E-state index in [1.807, 2.05) is 102 Å². The summed E-state index contributed by atoms with van der Waals surface area (Å²) in [5.74, 6) is 3.01. The van der Waals surface area contributed by atoms with Crippen molar-refractivity contribution in [2.24, 2.45) is 20.0 Å². The highest BCUT2D eigenvalue weighted by molar-refractivity contribution is 6.28. The Bertz CT molecular complexity index is 2170. The fourth-order valence-corrected chi connectivity index (χ4v) is 6.97. The zero-order valence-electron chi connectivity index (χ0n) is 27.1. The fourth-order valence-electron chi connectivity index (χ4n) is 6.97. The summed E-state index contributed by atoms with van der Waals surface area (Å²) in [7, 11) is 1.77. The average molecular weight is 637 g/mol. The van der Waals surface area contributed by atoms with E-state index in [-0.39, 0.29) is 6.17 Å². The number of aliphatic imine (C=N–C) groups is 4. The molecule has 1 atom stereocenters. The molecule has 5 aromatic rings. The van der Waals surface area contributed by atoms with Crippen molar-refractivity contribution < 1.29 is 9.47 Å². The first-order valence-corrected chi connectivity index (χ1v) is 16.2. The summed E-state index contributed by atoms with van der Waals surface area (Å²) in [6, 6.07) is 30.8. The minimum atomic E-state index is -1.66. The van der Waals surface area contributed by atoms with Crippen LogP contribution in [0, 0.1) is 0 Å². The summed E-state index contributed by atoms with van der Waals surface area (Å²) < 4.78 is 15.6. The monoisotopic (exact) mass is 636 g/mol. The molecular formula is C38H36N8O2. The molecule has 1 aromatic heterocycles. The number of aromatic nitrogens is 1. The molecule has 0 radical (unpaired) electrons. The van der Waals surface area contributed by atoms with Gasteiger partial charge in [0.15, 0.2) is 11.7 Å². The molecule has 0 saturated heterocycles. The maximum Gasteiger partial charge on any atom is 0.356 e. The normalized spacial score (nSPS) is 18.1. The van der Waals surface area contributed by atoms with Crippen molar-refractivity contribution in [1.29, 1.82) is 0 Å². The molecule has 0 amide bonds. The molecular weight excluding hydrogens is 600 g/mol. The number of nitrogens with zero attached hydrogens (tertiary/aromatic N) is 6. The largest absolute Gasteiger partial charge is 0.384 e. The third kappa shape index (κ3) is 4.48. The van der Waals surface area contributed by atoms with Crippen LogP contribution in [0.1, 0.15) is 53.4 Å². The standard InChI is InChI=1S/C38H36N8O2/c1-4-47-38(48-5-2,45-32(39)28-18-10-11-19-29(28)36(45)43-33-26-16-8-6-14-24(26)22-41-33)46-35(40-3)30-20-12-13-21-31(30)37(46)44-34-27-17-9-7-15-25(27)23-42-34/h6-22,33,43H,4-5,23,39H2,1-3H3. The summed E-state index contributed by atoms with van der Waals surface area (Å²) in [6.07, 6.45) is 1.54. The van der Waals surface area contributed by atoms with E-state index in [1.165, 1.54) is 0 Å². The van der Waals surface area contributed by atoms with Crippen molar-refractivity contribution in [1.82, 2.24) is 9.47 Å². The van der Waals surface area contributed by atoms with E-state index in [2.05, 4.69) is 29.6 Å². The summed E-state index contributed by atoms with van der Waals surface area (Å²) in [5.41, 5.74) is 13.2. The molecule has 0 bridgehead atoms. The van der Waals surface area contributed by atoms with Crippen LogP contribution < -0.4 is 11.1 Å². The second kappa shape index (κ2) is 11.9. The van der Waals surface area contributed by atoms with Gasteiger partial charge in [0.2, 0.25) is 0 Å². The Balaban J connectivity index is 1.39. The molecule has 0 aliphatic carbocycles. The van der Waals surface area contributed by atoms with Gasteiger partial charge in [0.1, 0.15) is 23.6 Å². The van der Waals surface area contributed by atoms with Crippen molar-refractivity contribution in [2.45, 2.75) is 32.6 Å². The van der Waals surface area contributed by atoms with E-state index >= 15 is 0 Å². The van der Waals surface area contributed by atoms with Gasteiger partial charge in [-0.1, -0.05) is 97.1 Å². The SMILES string of the molecule is CCOC(OCC)(N1C(=NC)c2ccccc2C1=NC1=NCc2ccccc21)n1c(N)c2ccccc2c1NC1N=Cc2ccccc21. The number of amidine groups is 3. The number of hydrogen-bond acceptors (Lipinski definition) is 8. The number of hydrogen-bond donors (Lipinski definition) is 2. The molecule has 10 nitrogen and oxygen atoms in total. The molecule has 0 spiro atoms. The Labute approximate surface area is 279 Å². The molecule has 1 unspecified atom stereocenters.